The van der Waals surface area contributed by atoms with Crippen molar-refractivity contribution < 1.29 is 9.53 Å². The summed E-state index contributed by atoms with van der Waals surface area (Å²) in [7, 11) is 0. The number of rotatable bonds is 4. The summed E-state index contributed by atoms with van der Waals surface area (Å²) in [5, 5.41) is 0.794. The third kappa shape index (κ3) is 4.90. The minimum atomic E-state index is -0.0404. The standard InChI is InChI=1S/C26H24O2.C6H5Cl/c1-17-8-2-3-9-18(17)23-14-15-24(23)26(27)28-16-25-21-12-6-4-10-19(21)20-11-5-7-13-22(20)25;7-6-4-2-1-3-5-6/h2-13,23-25H,14-16H2,1H3;1-5H/t23?,24-;/m1./s1. The highest BCUT2D eigenvalue weighted by atomic mass is 35.5. The molecule has 0 aliphatic heterocycles. The van der Waals surface area contributed by atoms with Crippen molar-refractivity contribution in [2.75, 3.05) is 6.61 Å². The molecule has 6 rings (SSSR count). The van der Waals surface area contributed by atoms with Crippen molar-refractivity contribution in [3.63, 3.8) is 0 Å². The number of carbonyl (C=O) groups is 1. The van der Waals surface area contributed by atoms with E-state index in [1.54, 1.807) is 0 Å². The average Bonchev–Trinajstić information content (AvgIpc) is 3.18. The molecule has 4 aromatic carbocycles. The number of esters is 1. The molecule has 35 heavy (non-hydrogen) atoms. The van der Waals surface area contributed by atoms with Gasteiger partial charge in [0.1, 0.15) is 6.61 Å². The molecule has 0 radical (unpaired) electrons. The SMILES string of the molecule is Cc1ccccc1C1CC[C@H]1C(=O)OCC1c2ccccc2-c2ccccc21.Clc1ccccc1. The van der Waals surface area contributed by atoms with Crippen LogP contribution in [0.15, 0.2) is 103 Å². The monoisotopic (exact) mass is 480 g/mol. The van der Waals surface area contributed by atoms with E-state index in [-0.39, 0.29) is 17.8 Å². The summed E-state index contributed by atoms with van der Waals surface area (Å²) in [5.74, 6) is 0.388. The van der Waals surface area contributed by atoms with Gasteiger partial charge in [-0.25, -0.2) is 0 Å². The highest BCUT2D eigenvalue weighted by Crippen LogP contribution is 2.46. The Kier molecular flexibility index (Phi) is 7.01. The lowest BCUT2D eigenvalue weighted by Gasteiger charge is -2.36. The van der Waals surface area contributed by atoms with Crippen LogP contribution in [0.3, 0.4) is 0 Å². The predicted molar refractivity (Wildman–Crippen MR) is 143 cm³/mol. The molecular weight excluding hydrogens is 452 g/mol. The first-order valence-corrected chi connectivity index (χ1v) is 12.6. The molecule has 1 saturated carbocycles. The zero-order chi connectivity index (χ0) is 24.2. The molecule has 1 unspecified atom stereocenters. The van der Waals surface area contributed by atoms with Gasteiger partial charge in [-0.15, -0.1) is 0 Å². The van der Waals surface area contributed by atoms with E-state index in [1.807, 2.05) is 30.3 Å². The van der Waals surface area contributed by atoms with Crippen molar-refractivity contribution in [2.45, 2.75) is 31.6 Å². The van der Waals surface area contributed by atoms with Gasteiger partial charge in [0.25, 0.3) is 0 Å². The van der Waals surface area contributed by atoms with Crippen LogP contribution in [0.5, 0.6) is 0 Å². The van der Waals surface area contributed by atoms with Crippen LogP contribution in [0, 0.1) is 12.8 Å². The van der Waals surface area contributed by atoms with Crippen molar-refractivity contribution >= 4 is 17.6 Å². The van der Waals surface area contributed by atoms with Crippen LogP contribution in [-0.4, -0.2) is 12.6 Å². The van der Waals surface area contributed by atoms with Gasteiger partial charge in [0.15, 0.2) is 0 Å². The normalized spacial score (nSPS) is 17.9. The second-order valence-electron chi connectivity index (χ2n) is 9.30. The van der Waals surface area contributed by atoms with Gasteiger partial charge in [0.05, 0.1) is 5.92 Å². The van der Waals surface area contributed by atoms with Gasteiger partial charge in [-0.05, 0) is 71.2 Å². The van der Waals surface area contributed by atoms with Crippen LogP contribution in [0.25, 0.3) is 11.1 Å². The smallest absolute Gasteiger partial charge is 0.309 e. The molecule has 0 aromatic heterocycles. The number of ether oxygens (including phenoxy) is 1. The zero-order valence-electron chi connectivity index (χ0n) is 19.9. The average molecular weight is 481 g/mol. The van der Waals surface area contributed by atoms with E-state index in [2.05, 4.69) is 79.7 Å². The van der Waals surface area contributed by atoms with Crippen LogP contribution in [-0.2, 0) is 9.53 Å². The van der Waals surface area contributed by atoms with Crippen molar-refractivity contribution in [2.24, 2.45) is 5.92 Å². The zero-order valence-corrected chi connectivity index (χ0v) is 20.6. The Labute approximate surface area is 212 Å². The highest BCUT2D eigenvalue weighted by Gasteiger charge is 2.40. The van der Waals surface area contributed by atoms with E-state index in [0.717, 1.165) is 17.9 Å². The summed E-state index contributed by atoms with van der Waals surface area (Å²) < 4.78 is 5.90. The topological polar surface area (TPSA) is 26.3 Å². The number of fused-ring (bicyclic) bond motifs is 3. The summed E-state index contributed by atoms with van der Waals surface area (Å²) in [6, 6.07) is 34.8. The molecule has 1 fully saturated rings. The molecule has 3 heteroatoms. The van der Waals surface area contributed by atoms with Gasteiger partial charge < -0.3 is 4.74 Å². The van der Waals surface area contributed by atoms with E-state index in [4.69, 9.17) is 16.3 Å². The van der Waals surface area contributed by atoms with Crippen LogP contribution >= 0.6 is 11.6 Å². The molecule has 0 heterocycles. The second-order valence-corrected chi connectivity index (χ2v) is 9.74. The molecule has 2 atom stereocenters. The minimum Gasteiger partial charge on any atom is -0.464 e. The Hall–Kier alpha value is -3.36. The quantitative estimate of drug-likeness (QED) is 0.275. The fourth-order valence-corrected chi connectivity index (χ4v) is 5.43. The summed E-state index contributed by atoms with van der Waals surface area (Å²) in [6.45, 7) is 2.55. The number of hydrogen-bond donors (Lipinski definition) is 0. The number of carbonyl (C=O) groups excluding carboxylic acids is 1. The second kappa shape index (κ2) is 10.5. The molecule has 2 nitrogen and oxygen atoms in total. The van der Waals surface area contributed by atoms with Crippen molar-refractivity contribution in [1.82, 2.24) is 0 Å². The van der Waals surface area contributed by atoms with Gasteiger partial charge in [0.2, 0.25) is 0 Å². The van der Waals surface area contributed by atoms with Gasteiger partial charge in [-0.1, -0.05) is 103 Å². The largest absolute Gasteiger partial charge is 0.464 e. The summed E-state index contributed by atoms with van der Waals surface area (Å²) >= 11 is 5.54. The Balaban J connectivity index is 0.000000313. The first-order chi connectivity index (χ1) is 17.1. The number of aryl methyl sites for hydroxylation is 1. The Bertz CT molecular complexity index is 1270. The summed E-state index contributed by atoms with van der Waals surface area (Å²) in [6.07, 6.45) is 2.00. The van der Waals surface area contributed by atoms with Gasteiger partial charge in [-0.3, -0.25) is 4.79 Å². The number of hydrogen-bond acceptors (Lipinski definition) is 2. The van der Waals surface area contributed by atoms with Crippen LogP contribution in [0.1, 0.15) is 46.9 Å². The molecule has 2 aliphatic rings. The molecular formula is C32H29ClO2. The van der Waals surface area contributed by atoms with E-state index >= 15 is 0 Å². The van der Waals surface area contributed by atoms with Crippen LogP contribution in [0.2, 0.25) is 5.02 Å². The maximum absolute atomic E-state index is 12.9. The van der Waals surface area contributed by atoms with E-state index in [1.165, 1.54) is 33.4 Å². The lowest BCUT2D eigenvalue weighted by Crippen LogP contribution is -2.33. The Morgan fingerprint density at radius 1 is 0.743 bits per heavy atom. The third-order valence-corrected chi connectivity index (χ3v) is 7.50. The van der Waals surface area contributed by atoms with Gasteiger partial charge >= 0.3 is 5.97 Å². The molecule has 0 amide bonds. The van der Waals surface area contributed by atoms with E-state index < -0.39 is 0 Å². The van der Waals surface area contributed by atoms with E-state index in [0.29, 0.717) is 12.5 Å². The lowest BCUT2D eigenvalue weighted by molar-refractivity contribution is -0.152. The highest BCUT2D eigenvalue weighted by molar-refractivity contribution is 6.30. The van der Waals surface area contributed by atoms with Gasteiger partial charge in [-0.2, -0.15) is 0 Å². The Morgan fingerprint density at radius 3 is 1.80 bits per heavy atom. The summed E-state index contributed by atoms with van der Waals surface area (Å²) in [4.78, 5) is 12.9. The molecule has 0 bridgehead atoms. The van der Waals surface area contributed by atoms with Gasteiger partial charge in [0, 0.05) is 10.9 Å². The predicted octanol–water partition coefficient (Wildman–Crippen LogP) is 8.18. The van der Waals surface area contributed by atoms with Crippen molar-refractivity contribution in [1.29, 1.82) is 0 Å². The van der Waals surface area contributed by atoms with Crippen molar-refractivity contribution in [3.8, 4) is 11.1 Å². The lowest BCUT2D eigenvalue weighted by atomic mass is 9.69. The summed E-state index contributed by atoms with van der Waals surface area (Å²) in [5.41, 5.74) is 7.62. The number of benzene rings is 4. The maximum Gasteiger partial charge on any atom is 0.309 e. The molecule has 0 saturated heterocycles. The van der Waals surface area contributed by atoms with Crippen LogP contribution < -0.4 is 0 Å². The molecule has 0 N–H and O–H groups in total. The first-order valence-electron chi connectivity index (χ1n) is 12.2. The Morgan fingerprint density at radius 2 is 1.29 bits per heavy atom. The number of halogens is 1. The molecule has 4 aromatic rings. The fraction of sp³-hybridized carbons (Fsp3) is 0.219. The molecule has 176 valence electrons. The minimum absolute atomic E-state index is 0.00649. The maximum atomic E-state index is 12.9. The molecule has 0 spiro atoms. The van der Waals surface area contributed by atoms with Crippen LogP contribution in [0.4, 0.5) is 0 Å². The van der Waals surface area contributed by atoms with Crippen molar-refractivity contribution in [3.05, 3.63) is 130 Å². The third-order valence-electron chi connectivity index (χ3n) is 7.25. The fourth-order valence-electron chi connectivity index (χ4n) is 5.28. The first kappa shape index (κ1) is 23.4. The van der Waals surface area contributed by atoms with E-state index in [9.17, 15) is 4.79 Å². The molecule has 2 aliphatic carbocycles.